The van der Waals surface area contributed by atoms with E-state index in [1.807, 2.05) is 6.07 Å². The second-order valence-electron chi connectivity index (χ2n) is 2.81. The lowest BCUT2D eigenvalue weighted by atomic mass is 10.0. The minimum Gasteiger partial charge on any atom is -0.504 e. The highest BCUT2D eigenvalue weighted by atomic mass is 35.5. The van der Waals surface area contributed by atoms with Crippen LogP contribution < -0.4 is 0 Å². The standard InChI is InChI=1S/C9H7ClFNO2/c1-4(3-12)5-2-6(10)9(14)7(11)8(5)13/h2,4,13-14H,1H3. The monoisotopic (exact) mass is 215 g/mol. The van der Waals surface area contributed by atoms with Crippen LogP contribution in [0.2, 0.25) is 5.02 Å². The lowest BCUT2D eigenvalue weighted by Crippen LogP contribution is -1.93. The van der Waals surface area contributed by atoms with Crippen molar-refractivity contribution in [2.75, 3.05) is 0 Å². The molecule has 0 aliphatic heterocycles. The number of nitriles is 1. The molecule has 0 aromatic heterocycles. The first kappa shape index (κ1) is 10.6. The molecule has 14 heavy (non-hydrogen) atoms. The highest BCUT2D eigenvalue weighted by molar-refractivity contribution is 6.32. The van der Waals surface area contributed by atoms with Gasteiger partial charge in [-0.15, -0.1) is 0 Å². The molecule has 1 rings (SSSR count). The van der Waals surface area contributed by atoms with Gasteiger partial charge in [0.15, 0.2) is 11.5 Å². The average Bonchev–Trinajstić information content (AvgIpc) is 2.19. The normalized spacial score (nSPS) is 12.1. The van der Waals surface area contributed by atoms with Crippen molar-refractivity contribution in [2.24, 2.45) is 0 Å². The summed E-state index contributed by atoms with van der Waals surface area (Å²) in [5.41, 5.74) is 0.0628. The predicted molar refractivity (Wildman–Crippen MR) is 48.8 cm³/mol. The summed E-state index contributed by atoms with van der Waals surface area (Å²) in [6.07, 6.45) is 0. The number of halogens is 2. The Morgan fingerprint density at radius 1 is 1.50 bits per heavy atom. The number of hydrogen-bond donors (Lipinski definition) is 2. The van der Waals surface area contributed by atoms with E-state index in [9.17, 15) is 9.50 Å². The molecule has 0 heterocycles. The van der Waals surface area contributed by atoms with Crippen LogP contribution in [0.5, 0.6) is 11.5 Å². The topological polar surface area (TPSA) is 64.2 Å². The van der Waals surface area contributed by atoms with Crippen molar-refractivity contribution in [3.05, 3.63) is 22.5 Å². The SMILES string of the molecule is CC(C#N)c1cc(Cl)c(O)c(F)c1O. The maximum absolute atomic E-state index is 13.1. The Bertz CT molecular complexity index is 414. The van der Waals surface area contributed by atoms with E-state index in [-0.39, 0.29) is 10.6 Å². The number of nitrogens with zero attached hydrogens (tertiary/aromatic N) is 1. The molecular formula is C9H7ClFNO2. The highest BCUT2D eigenvalue weighted by Gasteiger charge is 2.19. The maximum Gasteiger partial charge on any atom is 0.208 e. The van der Waals surface area contributed by atoms with Crippen molar-refractivity contribution >= 4 is 11.6 Å². The molecule has 1 aromatic rings. The van der Waals surface area contributed by atoms with E-state index in [0.717, 1.165) is 0 Å². The second kappa shape index (κ2) is 3.72. The smallest absolute Gasteiger partial charge is 0.208 e. The Morgan fingerprint density at radius 2 is 2.07 bits per heavy atom. The van der Waals surface area contributed by atoms with Crippen molar-refractivity contribution in [1.82, 2.24) is 0 Å². The number of aromatic hydroxyl groups is 2. The number of phenols is 2. The third-order valence-electron chi connectivity index (χ3n) is 1.86. The third kappa shape index (κ3) is 1.59. The van der Waals surface area contributed by atoms with E-state index in [1.54, 1.807) is 0 Å². The minimum absolute atomic E-state index is 0.0628. The summed E-state index contributed by atoms with van der Waals surface area (Å²) in [7, 11) is 0. The van der Waals surface area contributed by atoms with Gasteiger partial charge in [0.25, 0.3) is 0 Å². The summed E-state index contributed by atoms with van der Waals surface area (Å²) >= 11 is 5.48. The Morgan fingerprint density at radius 3 is 2.57 bits per heavy atom. The molecule has 0 fully saturated rings. The van der Waals surface area contributed by atoms with Crippen molar-refractivity contribution in [3.63, 3.8) is 0 Å². The lowest BCUT2D eigenvalue weighted by molar-refractivity contribution is 0.385. The average molecular weight is 216 g/mol. The molecule has 1 unspecified atom stereocenters. The van der Waals surface area contributed by atoms with Gasteiger partial charge in [-0.2, -0.15) is 9.65 Å². The third-order valence-corrected chi connectivity index (χ3v) is 2.15. The molecule has 2 N–H and O–H groups in total. The fourth-order valence-corrected chi connectivity index (χ4v) is 1.22. The molecule has 1 atom stereocenters. The van der Waals surface area contributed by atoms with Crippen LogP contribution in [0.3, 0.4) is 0 Å². The summed E-state index contributed by atoms with van der Waals surface area (Å²) < 4.78 is 13.1. The summed E-state index contributed by atoms with van der Waals surface area (Å²) in [6, 6.07) is 3.00. The van der Waals surface area contributed by atoms with E-state index in [4.69, 9.17) is 22.0 Å². The Labute approximate surface area is 85.0 Å². The molecule has 5 heteroatoms. The minimum atomic E-state index is -1.20. The number of phenolic OH excluding ortho intramolecular Hbond substituents is 2. The van der Waals surface area contributed by atoms with E-state index < -0.39 is 23.2 Å². The van der Waals surface area contributed by atoms with E-state index in [2.05, 4.69) is 0 Å². The molecule has 0 amide bonds. The lowest BCUT2D eigenvalue weighted by Gasteiger charge is -2.09. The van der Waals surface area contributed by atoms with Crippen LogP contribution in [0.15, 0.2) is 6.07 Å². The van der Waals surface area contributed by atoms with E-state index in [0.29, 0.717) is 0 Å². The van der Waals surface area contributed by atoms with Crippen LogP contribution in [0, 0.1) is 17.1 Å². The zero-order chi connectivity index (χ0) is 10.9. The number of hydrogen-bond acceptors (Lipinski definition) is 3. The molecule has 1 aromatic carbocycles. The van der Waals surface area contributed by atoms with Gasteiger partial charge >= 0.3 is 0 Å². The summed E-state index contributed by atoms with van der Waals surface area (Å²) in [5, 5.41) is 26.6. The Kier molecular flexibility index (Phi) is 2.82. The molecule has 0 saturated carbocycles. The van der Waals surface area contributed by atoms with Crippen LogP contribution in [-0.2, 0) is 0 Å². The predicted octanol–water partition coefficient (Wildman–Crippen LogP) is 2.52. The van der Waals surface area contributed by atoms with Crippen LogP contribution in [0.25, 0.3) is 0 Å². The van der Waals surface area contributed by atoms with Gasteiger partial charge in [0, 0.05) is 5.56 Å². The van der Waals surface area contributed by atoms with Crippen LogP contribution in [-0.4, -0.2) is 10.2 Å². The van der Waals surface area contributed by atoms with Crippen molar-refractivity contribution in [1.29, 1.82) is 5.26 Å². The quantitative estimate of drug-likeness (QED) is 0.757. The van der Waals surface area contributed by atoms with Crippen LogP contribution in [0.1, 0.15) is 18.4 Å². The highest BCUT2D eigenvalue weighted by Crippen LogP contribution is 2.38. The van der Waals surface area contributed by atoms with Gasteiger partial charge in [-0.1, -0.05) is 11.6 Å². The van der Waals surface area contributed by atoms with Gasteiger partial charge in [-0.3, -0.25) is 0 Å². The zero-order valence-corrected chi connectivity index (χ0v) is 8.01. The molecule has 0 saturated heterocycles. The second-order valence-corrected chi connectivity index (χ2v) is 3.22. The molecular weight excluding hydrogens is 209 g/mol. The summed E-state index contributed by atoms with van der Waals surface area (Å²) in [6.45, 7) is 1.49. The Balaban J connectivity index is 3.42. The number of benzene rings is 1. The fraction of sp³-hybridized carbons (Fsp3) is 0.222. The molecule has 3 nitrogen and oxygen atoms in total. The summed E-state index contributed by atoms with van der Waals surface area (Å²) in [4.78, 5) is 0. The van der Waals surface area contributed by atoms with Gasteiger partial charge in [-0.05, 0) is 13.0 Å². The van der Waals surface area contributed by atoms with Gasteiger partial charge in [0.1, 0.15) is 0 Å². The molecule has 0 spiro atoms. The van der Waals surface area contributed by atoms with Crippen molar-refractivity contribution in [3.8, 4) is 17.6 Å². The first-order chi connectivity index (χ1) is 6.49. The molecule has 0 aliphatic rings. The maximum atomic E-state index is 13.1. The van der Waals surface area contributed by atoms with Crippen LogP contribution in [0.4, 0.5) is 4.39 Å². The first-order valence-corrected chi connectivity index (χ1v) is 4.16. The van der Waals surface area contributed by atoms with Crippen LogP contribution >= 0.6 is 11.6 Å². The molecule has 0 radical (unpaired) electrons. The van der Waals surface area contributed by atoms with Crippen molar-refractivity contribution in [2.45, 2.75) is 12.8 Å². The molecule has 74 valence electrons. The van der Waals surface area contributed by atoms with Crippen molar-refractivity contribution < 1.29 is 14.6 Å². The Hall–Kier alpha value is -1.47. The summed E-state index contributed by atoms with van der Waals surface area (Å²) in [5.74, 6) is -3.43. The zero-order valence-electron chi connectivity index (χ0n) is 7.25. The fourth-order valence-electron chi connectivity index (χ4n) is 1.02. The molecule has 0 aliphatic carbocycles. The first-order valence-electron chi connectivity index (χ1n) is 3.78. The van der Waals surface area contributed by atoms with E-state index in [1.165, 1.54) is 13.0 Å². The molecule has 0 bridgehead atoms. The van der Waals surface area contributed by atoms with E-state index >= 15 is 0 Å². The van der Waals surface area contributed by atoms with Gasteiger partial charge in [0.2, 0.25) is 5.82 Å². The van der Waals surface area contributed by atoms with Gasteiger partial charge < -0.3 is 10.2 Å². The van der Waals surface area contributed by atoms with Gasteiger partial charge in [-0.25, -0.2) is 0 Å². The van der Waals surface area contributed by atoms with Gasteiger partial charge in [0.05, 0.1) is 17.0 Å². The number of rotatable bonds is 1. The largest absolute Gasteiger partial charge is 0.504 e.